The third-order valence-corrected chi connectivity index (χ3v) is 6.89. The molecule has 1 saturated heterocycles. The molecule has 2 aromatic rings. The summed E-state index contributed by atoms with van der Waals surface area (Å²) in [6, 6.07) is 14.5. The molecule has 0 aromatic heterocycles. The molecule has 0 atom stereocenters. The lowest BCUT2D eigenvalue weighted by Gasteiger charge is -2.30. The number of aryl methyl sites for hydroxylation is 2. The fraction of sp³-hybridized carbons (Fsp3) is 0.350. The zero-order valence-electron chi connectivity index (χ0n) is 14.6. The average molecular weight is 357 g/mol. The van der Waals surface area contributed by atoms with Crippen molar-refractivity contribution in [1.82, 2.24) is 4.31 Å². The first-order valence-electron chi connectivity index (χ1n) is 8.56. The number of carbonyl (C=O) groups excluding carboxylic acids is 1. The van der Waals surface area contributed by atoms with E-state index in [2.05, 4.69) is 0 Å². The summed E-state index contributed by atoms with van der Waals surface area (Å²) in [4.78, 5) is 12.9. The van der Waals surface area contributed by atoms with E-state index in [0.29, 0.717) is 36.4 Å². The van der Waals surface area contributed by atoms with Crippen LogP contribution in [-0.2, 0) is 10.0 Å². The molecule has 0 radical (unpaired) electrons. The Hall–Kier alpha value is -1.98. The molecule has 5 heteroatoms. The molecule has 0 bridgehead atoms. The Balaban J connectivity index is 1.71. The smallest absolute Gasteiger partial charge is 0.243 e. The van der Waals surface area contributed by atoms with Crippen LogP contribution >= 0.6 is 0 Å². The second-order valence-corrected chi connectivity index (χ2v) is 8.59. The summed E-state index contributed by atoms with van der Waals surface area (Å²) in [6.07, 6.45) is 1.13. The van der Waals surface area contributed by atoms with Crippen molar-refractivity contribution < 1.29 is 13.2 Å². The summed E-state index contributed by atoms with van der Waals surface area (Å²) in [7, 11) is -3.49. The molecule has 0 amide bonds. The second-order valence-electron chi connectivity index (χ2n) is 6.65. The number of ketones is 1. The molecule has 2 aromatic carbocycles. The first-order valence-corrected chi connectivity index (χ1v) is 10.0. The van der Waals surface area contributed by atoms with Crippen molar-refractivity contribution in [2.45, 2.75) is 31.6 Å². The predicted molar refractivity (Wildman–Crippen MR) is 98.2 cm³/mol. The molecule has 0 spiro atoms. The minimum atomic E-state index is -3.49. The lowest BCUT2D eigenvalue weighted by Crippen LogP contribution is -2.40. The number of hydrogen-bond acceptors (Lipinski definition) is 3. The number of Topliss-reactive ketones (excluding diaryl/α,β-unsaturated/α-hetero) is 1. The molecular formula is C20H23NO3S. The van der Waals surface area contributed by atoms with E-state index < -0.39 is 10.0 Å². The minimum Gasteiger partial charge on any atom is -0.294 e. The van der Waals surface area contributed by atoms with Gasteiger partial charge in [0, 0.05) is 24.6 Å². The number of rotatable bonds is 4. The summed E-state index contributed by atoms with van der Waals surface area (Å²) in [5.74, 6) is 0.0115. The van der Waals surface area contributed by atoms with E-state index in [0.717, 1.165) is 11.1 Å². The van der Waals surface area contributed by atoms with Crippen LogP contribution in [0, 0.1) is 19.8 Å². The molecule has 0 saturated carbocycles. The van der Waals surface area contributed by atoms with Crippen LogP contribution in [-0.4, -0.2) is 31.6 Å². The molecule has 3 rings (SSSR count). The maximum absolute atomic E-state index is 12.8. The monoisotopic (exact) mass is 357 g/mol. The van der Waals surface area contributed by atoms with E-state index >= 15 is 0 Å². The van der Waals surface area contributed by atoms with Crippen LogP contribution < -0.4 is 0 Å². The Morgan fingerprint density at radius 2 is 1.60 bits per heavy atom. The van der Waals surface area contributed by atoms with E-state index in [1.807, 2.05) is 50.2 Å². The molecular weight excluding hydrogens is 334 g/mol. The highest BCUT2D eigenvalue weighted by atomic mass is 32.2. The molecule has 1 aliphatic heterocycles. The topological polar surface area (TPSA) is 54.5 Å². The van der Waals surface area contributed by atoms with Gasteiger partial charge in [0.2, 0.25) is 10.0 Å². The van der Waals surface area contributed by atoms with Gasteiger partial charge in [0.05, 0.1) is 4.90 Å². The summed E-state index contributed by atoms with van der Waals surface area (Å²) >= 11 is 0. The van der Waals surface area contributed by atoms with Gasteiger partial charge in [0.25, 0.3) is 0 Å². The number of nitrogens with zero attached hydrogens (tertiary/aromatic N) is 1. The molecule has 1 heterocycles. The van der Waals surface area contributed by atoms with Crippen LogP contribution in [0.2, 0.25) is 0 Å². The standard InChI is InChI=1S/C20H23NO3S/c1-15-8-9-19(14-16(15)2)25(23,24)21-12-10-18(11-13-21)20(22)17-6-4-3-5-7-17/h3-9,14,18H,10-13H2,1-2H3. The van der Waals surface area contributed by atoms with Gasteiger partial charge < -0.3 is 0 Å². The van der Waals surface area contributed by atoms with Gasteiger partial charge >= 0.3 is 0 Å². The number of sulfonamides is 1. The van der Waals surface area contributed by atoms with Crippen LogP contribution in [0.3, 0.4) is 0 Å². The van der Waals surface area contributed by atoms with Gasteiger partial charge in [-0.05, 0) is 49.9 Å². The van der Waals surface area contributed by atoms with Crippen molar-refractivity contribution in [2.24, 2.45) is 5.92 Å². The third-order valence-electron chi connectivity index (χ3n) is 5.00. The number of hydrogen-bond donors (Lipinski definition) is 0. The highest BCUT2D eigenvalue weighted by molar-refractivity contribution is 7.89. The van der Waals surface area contributed by atoms with Crippen LogP contribution in [0.5, 0.6) is 0 Å². The molecule has 0 unspecified atom stereocenters. The lowest BCUT2D eigenvalue weighted by atomic mass is 9.90. The zero-order valence-corrected chi connectivity index (χ0v) is 15.4. The highest BCUT2D eigenvalue weighted by Crippen LogP contribution is 2.27. The first kappa shape index (κ1) is 17.8. The van der Waals surface area contributed by atoms with Gasteiger partial charge in [0.15, 0.2) is 5.78 Å². The Kier molecular flexibility index (Phi) is 5.06. The Morgan fingerprint density at radius 3 is 2.20 bits per heavy atom. The minimum absolute atomic E-state index is 0.103. The largest absolute Gasteiger partial charge is 0.294 e. The Morgan fingerprint density at radius 1 is 0.960 bits per heavy atom. The van der Waals surface area contributed by atoms with E-state index in [1.165, 1.54) is 4.31 Å². The average Bonchev–Trinajstić information content (AvgIpc) is 2.64. The van der Waals surface area contributed by atoms with Gasteiger partial charge in [-0.1, -0.05) is 36.4 Å². The van der Waals surface area contributed by atoms with E-state index in [-0.39, 0.29) is 11.7 Å². The van der Waals surface area contributed by atoms with Gasteiger partial charge in [-0.3, -0.25) is 4.79 Å². The summed E-state index contributed by atoms with van der Waals surface area (Å²) in [6.45, 7) is 4.66. The molecule has 132 valence electrons. The van der Waals surface area contributed by atoms with Gasteiger partial charge in [0.1, 0.15) is 0 Å². The fourth-order valence-corrected chi connectivity index (χ4v) is 4.78. The lowest BCUT2D eigenvalue weighted by molar-refractivity contribution is 0.0875. The van der Waals surface area contributed by atoms with Crippen molar-refractivity contribution in [1.29, 1.82) is 0 Å². The maximum Gasteiger partial charge on any atom is 0.243 e. The van der Waals surface area contributed by atoms with Crippen molar-refractivity contribution in [2.75, 3.05) is 13.1 Å². The summed E-state index contributed by atoms with van der Waals surface area (Å²) < 4.78 is 27.2. The number of piperidine rings is 1. The second kappa shape index (κ2) is 7.10. The van der Waals surface area contributed by atoms with Gasteiger partial charge in [-0.25, -0.2) is 8.42 Å². The van der Waals surface area contributed by atoms with Crippen molar-refractivity contribution in [3.8, 4) is 0 Å². The first-order chi connectivity index (χ1) is 11.9. The maximum atomic E-state index is 12.8. The van der Waals surface area contributed by atoms with Crippen molar-refractivity contribution in [3.05, 3.63) is 65.2 Å². The van der Waals surface area contributed by atoms with Crippen LogP contribution in [0.4, 0.5) is 0 Å². The Bertz CT molecular complexity index is 867. The van der Waals surface area contributed by atoms with Gasteiger partial charge in [-0.2, -0.15) is 4.31 Å². The van der Waals surface area contributed by atoms with Gasteiger partial charge in [-0.15, -0.1) is 0 Å². The normalized spacial score (nSPS) is 16.7. The third kappa shape index (κ3) is 3.67. The van der Waals surface area contributed by atoms with Crippen molar-refractivity contribution >= 4 is 15.8 Å². The number of carbonyl (C=O) groups is 1. The quantitative estimate of drug-likeness (QED) is 0.786. The highest BCUT2D eigenvalue weighted by Gasteiger charge is 2.32. The van der Waals surface area contributed by atoms with Crippen LogP contribution in [0.25, 0.3) is 0 Å². The predicted octanol–water partition coefficient (Wildman–Crippen LogP) is 3.59. The molecule has 4 nitrogen and oxygen atoms in total. The molecule has 25 heavy (non-hydrogen) atoms. The summed E-state index contributed by atoms with van der Waals surface area (Å²) in [5, 5.41) is 0. The van der Waals surface area contributed by atoms with Crippen LogP contribution in [0.15, 0.2) is 53.4 Å². The van der Waals surface area contributed by atoms with E-state index in [4.69, 9.17) is 0 Å². The molecule has 1 fully saturated rings. The fourth-order valence-electron chi connectivity index (χ4n) is 3.22. The summed E-state index contributed by atoms with van der Waals surface area (Å²) in [5.41, 5.74) is 2.75. The molecule has 0 N–H and O–H groups in total. The van der Waals surface area contributed by atoms with Crippen LogP contribution in [0.1, 0.15) is 34.3 Å². The van der Waals surface area contributed by atoms with Crippen molar-refractivity contribution in [3.63, 3.8) is 0 Å². The number of benzene rings is 2. The Labute approximate surface area is 149 Å². The van der Waals surface area contributed by atoms with E-state index in [1.54, 1.807) is 12.1 Å². The zero-order chi connectivity index (χ0) is 18.0. The molecule has 0 aliphatic carbocycles. The SMILES string of the molecule is Cc1ccc(S(=O)(=O)N2CCC(C(=O)c3ccccc3)CC2)cc1C. The van der Waals surface area contributed by atoms with E-state index in [9.17, 15) is 13.2 Å². The molecule has 1 aliphatic rings.